The molecule has 3 heterocycles. The van der Waals surface area contributed by atoms with Gasteiger partial charge in [0.15, 0.2) is 5.78 Å². The van der Waals surface area contributed by atoms with E-state index in [-0.39, 0.29) is 11.1 Å². The van der Waals surface area contributed by atoms with Crippen LogP contribution in [0.2, 0.25) is 5.28 Å². The molecule has 0 saturated carbocycles. The number of carbonyl (C=O) groups excluding carboxylic acids is 1. The van der Waals surface area contributed by atoms with E-state index >= 15 is 0 Å². The highest BCUT2D eigenvalue weighted by molar-refractivity contribution is 6.28. The Morgan fingerprint density at radius 2 is 1.77 bits per heavy atom. The molecule has 1 fully saturated rings. The van der Waals surface area contributed by atoms with Gasteiger partial charge in [0.25, 0.3) is 0 Å². The van der Waals surface area contributed by atoms with Gasteiger partial charge in [-0.1, -0.05) is 0 Å². The second-order valence-electron chi connectivity index (χ2n) is 7.44. The average molecular weight is 372 g/mol. The largest absolute Gasteiger partial charge is 0.486 e. The minimum atomic E-state index is -0.409. The first-order valence-electron chi connectivity index (χ1n) is 8.95. The number of ether oxygens (including phenoxy) is 1. The first-order valence-corrected chi connectivity index (χ1v) is 9.33. The van der Waals surface area contributed by atoms with E-state index < -0.39 is 5.60 Å². The van der Waals surface area contributed by atoms with Gasteiger partial charge in [0, 0.05) is 37.7 Å². The number of aryl methyl sites for hydroxylation is 3. The highest BCUT2D eigenvalue weighted by Gasteiger charge is 2.43. The fraction of sp³-hybridized carbons (Fsp3) is 0.450. The number of fused-ring (bicyclic) bond motifs is 1. The first kappa shape index (κ1) is 17.3. The number of aromatic nitrogens is 2. The van der Waals surface area contributed by atoms with Crippen molar-refractivity contribution in [3.8, 4) is 5.75 Å². The Hall–Kier alpha value is -2.14. The summed E-state index contributed by atoms with van der Waals surface area (Å²) in [7, 11) is 0. The number of Topliss-reactive ketones (excluding diaryl/α,β-unsaturated/α-hetero) is 1. The van der Waals surface area contributed by atoms with Gasteiger partial charge >= 0.3 is 0 Å². The summed E-state index contributed by atoms with van der Waals surface area (Å²) in [5.74, 6) is 1.76. The smallest absolute Gasteiger partial charge is 0.224 e. The maximum atomic E-state index is 12.7. The van der Waals surface area contributed by atoms with Gasteiger partial charge in [0.2, 0.25) is 5.28 Å². The lowest BCUT2D eigenvalue weighted by Gasteiger charge is -2.44. The molecule has 0 unspecified atom stereocenters. The molecule has 6 heteroatoms. The van der Waals surface area contributed by atoms with E-state index in [2.05, 4.69) is 21.8 Å². The summed E-state index contributed by atoms with van der Waals surface area (Å²) in [5, 5.41) is 0.268. The SMILES string of the molecule is Cc1cc(N2CCC3(CC2)CC(=O)c2cc(C)c(C)cc2O3)nc(Cl)n1. The summed E-state index contributed by atoms with van der Waals surface area (Å²) in [6.45, 7) is 7.54. The van der Waals surface area contributed by atoms with Crippen LogP contribution in [-0.4, -0.2) is 34.4 Å². The zero-order valence-corrected chi connectivity index (χ0v) is 16.1. The van der Waals surface area contributed by atoms with E-state index in [1.54, 1.807) is 0 Å². The Morgan fingerprint density at radius 3 is 2.46 bits per heavy atom. The Bertz CT molecular complexity index is 869. The van der Waals surface area contributed by atoms with Gasteiger partial charge in [-0.3, -0.25) is 4.79 Å². The zero-order valence-electron chi connectivity index (χ0n) is 15.3. The van der Waals surface area contributed by atoms with Crippen LogP contribution in [0.15, 0.2) is 18.2 Å². The summed E-state index contributed by atoms with van der Waals surface area (Å²) < 4.78 is 6.39. The maximum Gasteiger partial charge on any atom is 0.224 e. The lowest BCUT2D eigenvalue weighted by molar-refractivity contribution is 0.0230. The standard InChI is InChI=1S/C20H22ClN3O2/c1-12-8-15-16(25)11-20(26-17(15)9-13(12)2)4-6-24(7-5-20)18-10-14(3)22-19(21)23-18/h8-10H,4-7,11H2,1-3H3. The van der Waals surface area contributed by atoms with Gasteiger partial charge < -0.3 is 9.64 Å². The van der Waals surface area contributed by atoms with Crippen LogP contribution in [-0.2, 0) is 0 Å². The second-order valence-corrected chi connectivity index (χ2v) is 7.78. The number of piperidine rings is 1. The van der Waals surface area contributed by atoms with E-state index in [9.17, 15) is 4.79 Å². The van der Waals surface area contributed by atoms with Crippen molar-refractivity contribution in [1.82, 2.24) is 9.97 Å². The van der Waals surface area contributed by atoms with Gasteiger partial charge in [0.1, 0.15) is 17.2 Å². The van der Waals surface area contributed by atoms with Crippen LogP contribution >= 0.6 is 11.6 Å². The Kier molecular flexibility index (Phi) is 4.14. The van der Waals surface area contributed by atoms with Gasteiger partial charge in [0.05, 0.1) is 12.0 Å². The molecular weight excluding hydrogens is 350 g/mol. The van der Waals surface area contributed by atoms with Gasteiger partial charge in [-0.25, -0.2) is 9.97 Å². The zero-order chi connectivity index (χ0) is 18.5. The molecule has 1 spiro atoms. The van der Waals surface area contributed by atoms with Crippen LogP contribution in [0.5, 0.6) is 5.75 Å². The van der Waals surface area contributed by atoms with E-state index in [0.717, 1.165) is 59.9 Å². The summed E-state index contributed by atoms with van der Waals surface area (Å²) in [4.78, 5) is 23.4. The predicted octanol–water partition coefficient (Wildman–Crippen LogP) is 4.06. The molecule has 0 aliphatic carbocycles. The molecule has 4 rings (SSSR count). The number of hydrogen-bond acceptors (Lipinski definition) is 5. The molecule has 5 nitrogen and oxygen atoms in total. The number of nitrogens with zero attached hydrogens (tertiary/aromatic N) is 3. The number of carbonyl (C=O) groups is 1. The third-order valence-corrected chi connectivity index (χ3v) is 5.69. The molecule has 136 valence electrons. The van der Waals surface area contributed by atoms with Gasteiger partial charge in [-0.2, -0.15) is 0 Å². The number of ketones is 1. The fourth-order valence-electron chi connectivity index (χ4n) is 3.85. The topological polar surface area (TPSA) is 55.3 Å². The Balaban J connectivity index is 1.55. The third-order valence-electron chi connectivity index (χ3n) is 5.52. The quantitative estimate of drug-likeness (QED) is 0.707. The monoisotopic (exact) mass is 371 g/mol. The van der Waals surface area contributed by atoms with Gasteiger partial charge in [-0.05, 0) is 55.6 Å². The third kappa shape index (κ3) is 3.05. The van der Waals surface area contributed by atoms with Gasteiger partial charge in [-0.15, -0.1) is 0 Å². The van der Waals surface area contributed by atoms with E-state index in [4.69, 9.17) is 16.3 Å². The first-order chi connectivity index (χ1) is 12.3. The lowest BCUT2D eigenvalue weighted by atomic mass is 9.82. The van der Waals surface area contributed by atoms with Crippen LogP contribution in [0.25, 0.3) is 0 Å². The highest BCUT2D eigenvalue weighted by Crippen LogP contribution is 2.40. The summed E-state index contributed by atoms with van der Waals surface area (Å²) in [6, 6.07) is 5.91. The summed E-state index contributed by atoms with van der Waals surface area (Å²) >= 11 is 6.00. The molecule has 1 aromatic carbocycles. The molecule has 0 N–H and O–H groups in total. The number of benzene rings is 1. The molecule has 0 bridgehead atoms. The van der Waals surface area contributed by atoms with Crippen molar-refractivity contribution in [3.05, 3.63) is 45.9 Å². The van der Waals surface area contributed by atoms with E-state index in [1.165, 1.54) is 0 Å². The van der Waals surface area contributed by atoms with Crippen molar-refractivity contribution in [2.45, 2.75) is 45.6 Å². The van der Waals surface area contributed by atoms with Crippen molar-refractivity contribution in [1.29, 1.82) is 0 Å². The number of rotatable bonds is 1. The normalized spacial score (nSPS) is 18.6. The Labute approximate surface area is 158 Å². The minimum absolute atomic E-state index is 0.184. The average Bonchev–Trinajstić information content (AvgIpc) is 2.57. The van der Waals surface area contributed by atoms with Crippen molar-refractivity contribution in [3.63, 3.8) is 0 Å². The lowest BCUT2D eigenvalue weighted by Crippen LogP contribution is -2.51. The van der Waals surface area contributed by atoms with Crippen molar-refractivity contribution in [2.75, 3.05) is 18.0 Å². The van der Waals surface area contributed by atoms with Crippen LogP contribution in [0.3, 0.4) is 0 Å². The molecule has 1 saturated heterocycles. The van der Waals surface area contributed by atoms with E-state index in [0.29, 0.717) is 6.42 Å². The van der Waals surface area contributed by atoms with Crippen LogP contribution < -0.4 is 9.64 Å². The molecule has 0 radical (unpaired) electrons. The number of hydrogen-bond donors (Lipinski definition) is 0. The maximum absolute atomic E-state index is 12.7. The summed E-state index contributed by atoms with van der Waals surface area (Å²) in [5.41, 5.74) is 3.44. The number of anilines is 1. The Morgan fingerprint density at radius 1 is 1.08 bits per heavy atom. The molecule has 2 aromatic rings. The summed E-state index contributed by atoms with van der Waals surface area (Å²) in [6.07, 6.45) is 2.01. The molecule has 2 aliphatic heterocycles. The molecule has 0 atom stereocenters. The minimum Gasteiger partial charge on any atom is -0.486 e. The molecule has 0 amide bonds. The van der Waals surface area contributed by atoms with Crippen LogP contribution in [0.4, 0.5) is 5.82 Å². The molecular formula is C20H22ClN3O2. The number of halogens is 1. The fourth-order valence-corrected chi connectivity index (χ4v) is 4.07. The molecule has 1 aromatic heterocycles. The highest BCUT2D eigenvalue weighted by atomic mass is 35.5. The molecule has 2 aliphatic rings. The van der Waals surface area contributed by atoms with Crippen molar-refractivity contribution in [2.24, 2.45) is 0 Å². The second kappa shape index (κ2) is 6.23. The predicted molar refractivity (Wildman–Crippen MR) is 101 cm³/mol. The van der Waals surface area contributed by atoms with Crippen LogP contribution in [0.1, 0.15) is 46.4 Å². The van der Waals surface area contributed by atoms with E-state index in [1.807, 2.05) is 32.0 Å². The molecule has 26 heavy (non-hydrogen) atoms. The van der Waals surface area contributed by atoms with Crippen molar-refractivity contribution >= 4 is 23.2 Å². The van der Waals surface area contributed by atoms with Crippen molar-refractivity contribution < 1.29 is 9.53 Å². The van der Waals surface area contributed by atoms with Crippen LogP contribution in [0, 0.1) is 20.8 Å².